The van der Waals surface area contributed by atoms with Crippen LogP contribution in [0.1, 0.15) is 12.5 Å². The molecule has 1 atom stereocenters. The molecule has 0 fully saturated rings. The van der Waals surface area contributed by atoms with Crippen LogP contribution in [0.2, 0.25) is 0 Å². The number of hydrogen-bond donors (Lipinski definition) is 3. The summed E-state index contributed by atoms with van der Waals surface area (Å²) < 4.78 is 0. The van der Waals surface area contributed by atoms with Crippen LogP contribution in [0.15, 0.2) is 24.3 Å². The number of aliphatic hydroxyl groups is 1. The summed E-state index contributed by atoms with van der Waals surface area (Å²) >= 11 is 0. The number of rotatable bonds is 8. The molecule has 1 aromatic rings. The second-order valence-electron chi connectivity index (χ2n) is 5.12. The van der Waals surface area contributed by atoms with Gasteiger partial charge in [0.2, 0.25) is 5.91 Å². The molecule has 0 aliphatic carbocycles. The molecule has 3 N–H and O–H groups in total. The van der Waals surface area contributed by atoms with E-state index in [0.29, 0.717) is 5.69 Å². The molecule has 116 valence electrons. The van der Waals surface area contributed by atoms with Crippen LogP contribution < -0.4 is 5.32 Å². The number of nitrogens with zero attached hydrogens (tertiary/aromatic N) is 1. The summed E-state index contributed by atoms with van der Waals surface area (Å²) in [7, 11) is 0. The second-order valence-corrected chi connectivity index (χ2v) is 5.12. The number of amides is 1. The summed E-state index contributed by atoms with van der Waals surface area (Å²) in [6.45, 7) is 3.92. The van der Waals surface area contributed by atoms with Gasteiger partial charge < -0.3 is 15.5 Å². The Hall–Kier alpha value is -1.92. The van der Waals surface area contributed by atoms with E-state index in [1.807, 2.05) is 25.1 Å². The Balaban J connectivity index is 2.57. The normalized spacial score (nSPS) is 12.2. The molecular formula is C15H22N2O4. The van der Waals surface area contributed by atoms with E-state index in [-0.39, 0.29) is 32.1 Å². The molecule has 0 aliphatic rings. The highest BCUT2D eigenvalue weighted by molar-refractivity contribution is 5.92. The summed E-state index contributed by atoms with van der Waals surface area (Å²) in [5.74, 6) is -1.74. The summed E-state index contributed by atoms with van der Waals surface area (Å²) in [5.41, 5.74) is 1.75. The van der Waals surface area contributed by atoms with Crippen molar-refractivity contribution < 1.29 is 19.8 Å². The number of benzene rings is 1. The predicted octanol–water partition coefficient (Wildman–Crippen LogP) is 0.949. The van der Waals surface area contributed by atoms with Crippen molar-refractivity contribution in [2.75, 3.05) is 31.6 Å². The first-order valence-electron chi connectivity index (χ1n) is 6.85. The number of nitrogens with one attached hydrogen (secondary N) is 1. The number of carbonyl (C=O) groups is 2. The monoisotopic (exact) mass is 294 g/mol. The molecule has 21 heavy (non-hydrogen) atoms. The van der Waals surface area contributed by atoms with E-state index in [4.69, 9.17) is 10.2 Å². The Kier molecular flexibility index (Phi) is 6.84. The number of aryl methyl sites for hydroxylation is 1. The fourth-order valence-electron chi connectivity index (χ4n) is 1.97. The molecule has 0 radical (unpaired) electrons. The third-order valence-electron chi connectivity index (χ3n) is 3.04. The van der Waals surface area contributed by atoms with Crippen LogP contribution >= 0.6 is 0 Å². The van der Waals surface area contributed by atoms with E-state index in [1.54, 1.807) is 17.9 Å². The van der Waals surface area contributed by atoms with E-state index in [9.17, 15) is 9.59 Å². The lowest BCUT2D eigenvalue weighted by Crippen LogP contribution is -2.39. The summed E-state index contributed by atoms with van der Waals surface area (Å²) in [5, 5.41) is 20.7. The molecule has 0 aromatic heterocycles. The van der Waals surface area contributed by atoms with Gasteiger partial charge in [-0.15, -0.1) is 0 Å². The minimum absolute atomic E-state index is 0.0477. The molecule has 1 aromatic carbocycles. The lowest BCUT2D eigenvalue weighted by molar-refractivity contribution is -0.142. The lowest BCUT2D eigenvalue weighted by atomic mass is 10.1. The van der Waals surface area contributed by atoms with Gasteiger partial charge >= 0.3 is 5.97 Å². The molecule has 1 rings (SSSR count). The van der Waals surface area contributed by atoms with Crippen LogP contribution in [0.4, 0.5) is 5.69 Å². The van der Waals surface area contributed by atoms with Crippen molar-refractivity contribution in [3.8, 4) is 0 Å². The third-order valence-corrected chi connectivity index (χ3v) is 3.04. The van der Waals surface area contributed by atoms with Crippen LogP contribution in [0.5, 0.6) is 0 Å². The van der Waals surface area contributed by atoms with Gasteiger partial charge in [-0.05, 0) is 24.6 Å². The molecule has 0 bridgehead atoms. The smallest absolute Gasteiger partial charge is 0.307 e. The Bertz CT molecular complexity index is 490. The van der Waals surface area contributed by atoms with Gasteiger partial charge in [-0.2, -0.15) is 0 Å². The van der Waals surface area contributed by atoms with Gasteiger partial charge in [0.15, 0.2) is 0 Å². The van der Waals surface area contributed by atoms with Gasteiger partial charge in [-0.25, -0.2) is 0 Å². The van der Waals surface area contributed by atoms with Gasteiger partial charge in [0.1, 0.15) is 0 Å². The Morgan fingerprint density at radius 1 is 1.38 bits per heavy atom. The molecule has 1 unspecified atom stereocenters. The molecule has 1 amide bonds. The fraction of sp³-hybridized carbons (Fsp3) is 0.467. The van der Waals surface area contributed by atoms with Crippen molar-refractivity contribution in [3.63, 3.8) is 0 Å². The predicted molar refractivity (Wildman–Crippen MR) is 80.1 cm³/mol. The number of anilines is 1. The maximum atomic E-state index is 12.0. The zero-order valence-electron chi connectivity index (χ0n) is 12.4. The van der Waals surface area contributed by atoms with Crippen molar-refractivity contribution in [2.24, 2.45) is 5.92 Å². The van der Waals surface area contributed by atoms with Crippen molar-refractivity contribution >= 4 is 17.6 Å². The van der Waals surface area contributed by atoms with Crippen LogP contribution in [-0.2, 0) is 9.59 Å². The minimum atomic E-state index is -0.919. The molecule has 0 heterocycles. The van der Waals surface area contributed by atoms with Gasteiger partial charge in [0, 0.05) is 18.8 Å². The van der Waals surface area contributed by atoms with Crippen molar-refractivity contribution in [1.29, 1.82) is 0 Å². The molecule has 0 spiro atoms. The van der Waals surface area contributed by atoms with Crippen molar-refractivity contribution in [1.82, 2.24) is 4.90 Å². The van der Waals surface area contributed by atoms with Gasteiger partial charge in [0.05, 0.1) is 19.1 Å². The van der Waals surface area contributed by atoms with E-state index in [0.717, 1.165) is 5.56 Å². The van der Waals surface area contributed by atoms with E-state index < -0.39 is 11.9 Å². The van der Waals surface area contributed by atoms with Crippen molar-refractivity contribution in [2.45, 2.75) is 13.8 Å². The van der Waals surface area contributed by atoms with E-state index in [2.05, 4.69) is 5.32 Å². The number of carbonyl (C=O) groups excluding carboxylic acids is 1. The van der Waals surface area contributed by atoms with Gasteiger partial charge in [-0.3, -0.25) is 14.5 Å². The van der Waals surface area contributed by atoms with Crippen molar-refractivity contribution in [3.05, 3.63) is 29.8 Å². The third kappa shape index (κ3) is 6.37. The van der Waals surface area contributed by atoms with Crippen LogP contribution in [0, 0.1) is 12.8 Å². The number of carboxylic acid groups (broad SMARTS) is 1. The first-order valence-corrected chi connectivity index (χ1v) is 6.85. The molecular weight excluding hydrogens is 272 g/mol. The molecule has 6 heteroatoms. The standard InChI is InChI=1S/C15H22N2O4/c1-11-4-3-5-13(8-11)16-14(19)10-17(6-7-18)9-12(2)15(20)21/h3-5,8,12,18H,6-7,9-10H2,1-2H3,(H,16,19)(H,20,21). The number of hydrogen-bond acceptors (Lipinski definition) is 4. The van der Waals surface area contributed by atoms with Crippen LogP contribution in [0.3, 0.4) is 0 Å². The molecule has 0 aliphatic heterocycles. The summed E-state index contributed by atoms with van der Waals surface area (Å²) in [6.07, 6.45) is 0. The lowest BCUT2D eigenvalue weighted by Gasteiger charge is -2.22. The second kappa shape index (κ2) is 8.39. The molecule has 0 saturated heterocycles. The fourth-order valence-corrected chi connectivity index (χ4v) is 1.97. The zero-order chi connectivity index (χ0) is 15.8. The number of aliphatic hydroxyl groups excluding tert-OH is 1. The first-order chi connectivity index (χ1) is 9.92. The number of carboxylic acids is 1. The van der Waals surface area contributed by atoms with Crippen LogP contribution in [0.25, 0.3) is 0 Å². The molecule has 0 saturated carbocycles. The van der Waals surface area contributed by atoms with Gasteiger partial charge in [-0.1, -0.05) is 19.1 Å². The van der Waals surface area contributed by atoms with Gasteiger partial charge in [0.25, 0.3) is 0 Å². The van der Waals surface area contributed by atoms with Crippen LogP contribution in [-0.4, -0.2) is 53.2 Å². The van der Waals surface area contributed by atoms with E-state index >= 15 is 0 Å². The average Bonchev–Trinajstić information content (AvgIpc) is 2.38. The summed E-state index contributed by atoms with van der Waals surface area (Å²) in [6, 6.07) is 7.43. The Morgan fingerprint density at radius 2 is 2.10 bits per heavy atom. The highest BCUT2D eigenvalue weighted by Gasteiger charge is 2.18. The molecule has 6 nitrogen and oxygen atoms in total. The summed E-state index contributed by atoms with van der Waals surface area (Å²) in [4.78, 5) is 24.5. The SMILES string of the molecule is Cc1cccc(NC(=O)CN(CCO)CC(C)C(=O)O)c1. The Labute approximate surface area is 124 Å². The highest BCUT2D eigenvalue weighted by atomic mass is 16.4. The quantitative estimate of drug-likeness (QED) is 0.664. The largest absolute Gasteiger partial charge is 0.481 e. The zero-order valence-corrected chi connectivity index (χ0v) is 12.4. The maximum Gasteiger partial charge on any atom is 0.307 e. The van der Waals surface area contributed by atoms with E-state index in [1.165, 1.54) is 0 Å². The topological polar surface area (TPSA) is 89.9 Å². The Morgan fingerprint density at radius 3 is 2.67 bits per heavy atom. The first kappa shape index (κ1) is 17.1. The highest BCUT2D eigenvalue weighted by Crippen LogP contribution is 2.09. The maximum absolute atomic E-state index is 12.0. The minimum Gasteiger partial charge on any atom is -0.481 e. The average molecular weight is 294 g/mol. The number of aliphatic carboxylic acids is 1.